The van der Waals surface area contributed by atoms with E-state index in [9.17, 15) is 30.8 Å². The molecular formula is C17H17F4N3O3S2. The van der Waals surface area contributed by atoms with Crippen LogP contribution in [0.4, 0.5) is 17.6 Å². The molecule has 0 unspecified atom stereocenters. The van der Waals surface area contributed by atoms with Crippen LogP contribution >= 0.6 is 11.8 Å². The first-order valence-electron chi connectivity index (χ1n) is 8.49. The molecule has 2 heterocycles. The highest BCUT2D eigenvalue weighted by atomic mass is 32.2. The maximum absolute atomic E-state index is 13.2. The molecule has 12 heteroatoms. The average Bonchev–Trinajstić information content (AvgIpc) is 3.18. The van der Waals surface area contributed by atoms with E-state index >= 15 is 0 Å². The van der Waals surface area contributed by atoms with Gasteiger partial charge in [-0.3, -0.25) is 4.79 Å². The van der Waals surface area contributed by atoms with Gasteiger partial charge in [0.05, 0.1) is 5.56 Å². The Balaban J connectivity index is 1.72. The van der Waals surface area contributed by atoms with Crippen LogP contribution in [0.1, 0.15) is 21.6 Å². The van der Waals surface area contributed by atoms with Crippen LogP contribution in [0.2, 0.25) is 0 Å². The Bertz CT molecular complexity index is 1000. The standard InChI is InChI=1S/C17H17F4N3O3S2/c18-12-2-1-11(14(7-12)17(19,20)21)9-23-16(25)15-8-13(10-22-15)29(26,27)24-3-5-28-6-4-24/h1-2,7-8,10,22H,3-6,9H2,(H,23,25). The summed E-state index contributed by atoms with van der Waals surface area (Å²) >= 11 is 1.65. The lowest BCUT2D eigenvalue weighted by Gasteiger charge is -2.24. The molecule has 0 bridgehead atoms. The molecule has 1 fully saturated rings. The number of hydrogen-bond acceptors (Lipinski definition) is 4. The monoisotopic (exact) mass is 451 g/mol. The number of carbonyl (C=O) groups is 1. The SMILES string of the molecule is O=C(NCc1ccc(F)cc1C(F)(F)F)c1cc(S(=O)(=O)N2CCSCC2)c[nH]1. The van der Waals surface area contributed by atoms with E-state index in [1.165, 1.54) is 10.5 Å². The molecule has 1 aromatic heterocycles. The minimum Gasteiger partial charge on any atom is -0.356 e. The Morgan fingerprint density at radius 1 is 1.21 bits per heavy atom. The Morgan fingerprint density at radius 2 is 1.90 bits per heavy atom. The number of nitrogens with one attached hydrogen (secondary N) is 2. The van der Waals surface area contributed by atoms with Crippen LogP contribution in [0, 0.1) is 5.82 Å². The molecule has 29 heavy (non-hydrogen) atoms. The highest BCUT2D eigenvalue weighted by molar-refractivity contribution is 7.99. The van der Waals surface area contributed by atoms with E-state index in [-0.39, 0.29) is 16.2 Å². The van der Waals surface area contributed by atoms with E-state index in [1.807, 2.05) is 0 Å². The lowest BCUT2D eigenvalue weighted by Crippen LogP contribution is -2.37. The van der Waals surface area contributed by atoms with Crippen molar-refractivity contribution in [1.82, 2.24) is 14.6 Å². The number of hydrogen-bond donors (Lipinski definition) is 2. The van der Waals surface area contributed by atoms with E-state index in [4.69, 9.17) is 0 Å². The van der Waals surface area contributed by atoms with Crippen molar-refractivity contribution in [2.75, 3.05) is 24.6 Å². The predicted octanol–water partition coefficient (Wildman–Crippen LogP) is 2.84. The quantitative estimate of drug-likeness (QED) is 0.685. The van der Waals surface area contributed by atoms with Gasteiger partial charge in [-0.1, -0.05) is 6.07 Å². The van der Waals surface area contributed by atoms with Gasteiger partial charge >= 0.3 is 6.18 Å². The molecule has 0 atom stereocenters. The summed E-state index contributed by atoms with van der Waals surface area (Å²) in [7, 11) is -3.75. The fourth-order valence-corrected chi connectivity index (χ4v) is 5.40. The number of nitrogens with zero attached hydrogens (tertiary/aromatic N) is 1. The van der Waals surface area contributed by atoms with Crippen LogP contribution in [0.15, 0.2) is 35.4 Å². The Labute approximate surface area is 168 Å². The van der Waals surface area contributed by atoms with Crippen LogP contribution in [-0.4, -0.2) is 48.2 Å². The summed E-state index contributed by atoms with van der Waals surface area (Å²) in [4.78, 5) is 14.7. The summed E-state index contributed by atoms with van der Waals surface area (Å²) in [5, 5.41) is 2.29. The summed E-state index contributed by atoms with van der Waals surface area (Å²) in [5.41, 5.74) is -1.60. The number of aromatic nitrogens is 1. The zero-order valence-electron chi connectivity index (χ0n) is 14.9. The molecular weight excluding hydrogens is 434 g/mol. The van der Waals surface area contributed by atoms with Crippen molar-refractivity contribution >= 4 is 27.7 Å². The molecule has 0 aliphatic carbocycles. The molecule has 6 nitrogen and oxygen atoms in total. The highest BCUT2D eigenvalue weighted by Gasteiger charge is 2.34. The lowest BCUT2D eigenvalue weighted by atomic mass is 10.1. The molecule has 1 aliphatic heterocycles. The number of H-pyrrole nitrogens is 1. The molecule has 1 aliphatic rings. The first-order valence-corrected chi connectivity index (χ1v) is 11.1. The van der Waals surface area contributed by atoms with E-state index in [0.717, 1.165) is 18.2 Å². The van der Waals surface area contributed by atoms with Gasteiger partial charge in [0.2, 0.25) is 10.0 Å². The Morgan fingerprint density at radius 3 is 2.55 bits per heavy atom. The van der Waals surface area contributed by atoms with Crippen molar-refractivity contribution in [2.24, 2.45) is 0 Å². The van der Waals surface area contributed by atoms with Crippen molar-refractivity contribution in [2.45, 2.75) is 17.6 Å². The summed E-state index contributed by atoms with van der Waals surface area (Å²) < 4.78 is 78.8. The first-order chi connectivity index (χ1) is 13.6. The number of halogens is 4. The van der Waals surface area contributed by atoms with Crippen LogP contribution in [0.3, 0.4) is 0 Å². The maximum Gasteiger partial charge on any atom is 0.416 e. The zero-order chi connectivity index (χ0) is 21.2. The number of thioether (sulfide) groups is 1. The van der Waals surface area contributed by atoms with Crippen molar-refractivity contribution in [1.29, 1.82) is 0 Å². The van der Waals surface area contributed by atoms with Gasteiger partial charge in [-0.2, -0.15) is 29.2 Å². The van der Waals surface area contributed by atoms with Crippen LogP contribution in [0.5, 0.6) is 0 Å². The lowest BCUT2D eigenvalue weighted by molar-refractivity contribution is -0.138. The summed E-state index contributed by atoms with van der Waals surface area (Å²) in [5.74, 6) is -0.465. The van der Waals surface area contributed by atoms with Crippen LogP contribution in [-0.2, 0) is 22.7 Å². The van der Waals surface area contributed by atoms with Crippen molar-refractivity contribution in [3.05, 3.63) is 53.1 Å². The van der Waals surface area contributed by atoms with E-state index < -0.39 is 40.0 Å². The van der Waals surface area contributed by atoms with Gasteiger partial charge in [0.15, 0.2) is 0 Å². The third-order valence-corrected chi connectivity index (χ3v) is 7.14. The van der Waals surface area contributed by atoms with Gasteiger partial charge in [0.1, 0.15) is 16.4 Å². The van der Waals surface area contributed by atoms with Crippen LogP contribution < -0.4 is 5.32 Å². The van der Waals surface area contributed by atoms with Gasteiger partial charge < -0.3 is 10.3 Å². The maximum atomic E-state index is 13.2. The third kappa shape index (κ3) is 4.93. The number of benzene rings is 1. The largest absolute Gasteiger partial charge is 0.416 e. The highest BCUT2D eigenvalue weighted by Crippen LogP contribution is 2.32. The number of amides is 1. The molecule has 2 aromatic rings. The summed E-state index contributed by atoms with van der Waals surface area (Å²) in [6, 6.07) is 3.31. The second-order valence-electron chi connectivity index (χ2n) is 6.25. The summed E-state index contributed by atoms with van der Waals surface area (Å²) in [6.07, 6.45) is -3.60. The van der Waals surface area contributed by atoms with E-state index in [2.05, 4.69) is 10.3 Å². The molecule has 2 N–H and O–H groups in total. The smallest absolute Gasteiger partial charge is 0.356 e. The molecule has 0 radical (unpaired) electrons. The van der Waals surface area contributed by atoms with Crippen molar-refractivity contribution < 1.29 is 30.8 Å². The molecule has 0 spiro atoms. The number of sulfonamides is 1. The molecule has 0 saturated carbocycles. The minimum atomic E-state index is -4.78. The number of rotatable bonds is 5. The molecule has 3 rings (SSSR count). The molecule has 158 valence electrons. The van der Waals surface area contributed by atoms with Gasteiger partial charge in [-0.15, -0.1) is 0 Å². The van der Waals surface area contributed by atoms with Gasteiger partial charge in [0, 0.05) is 37.3 Å². The van der Waals surface area contributed by atoms with Gasteiger partial charge in [0.25, 0.3) is 5.91 Å². The normalized spacial score (nSPS) is 16.0. The van der Waals surface area contributed by atoms with E-state index in [1.54, 1.807) is 11.8 Å². The molecule has 1 saturated heterocycles. The zero-order valence-corrected chi connectivity index (χ0v) is 16.6. The number of aromatic amines is 1. The van der Waals surface area contributed by atoms with Gasteiger partial charge in [-0.05, 0) is 23.8 Å². The Hall–Kier alpha value is -2.05. The molecule has 1 aromatic carbocycles. The second kappa shape index (κ2) is 8.36. The number of carbonyl (C=O) groups excluding carboxylic acids is 1. The topological polar surface area (TPSA) is 82.3 Å². The second-order valence-corrected chi connectivity index (χ2v) is 9.41. The first kappa shape index (κ1) is 21.7. The predicted molar refractivity (Wildman–Crippen MR) is 99.4 cm³/mol. The summed E-state index contributed by atoms with van der Waals surface area (Å²) in [6.45, 7) is 0.230. The van der Waals surface area contributed by atoms with Crippen molar-refractivity contribution in [3.8, 4) is 0 Å². The van der Waals surface area contributed by atoms with Crippen molar-refractivity contribution in [3.63, 3.8) is 0 Å². The molecule has 1 amide bonds. The minimum absolute atomic E-state index is 0.0905. The fourth-order valence-electron chi connectivity index (χ4n) is 2.83. The van der Waals surface area contributed by atoms with Crippen LogP contribution in [0.25, 0.3) is 0 Å². The fraction of sp³-hybridized carbons (Fsp3) is 0.353. The average molecular weight is 451 g/mol. The number of alkyl halides is 3. The van der Waals surface area contributed by atoms with Gasteiger partial charge in [-0.25, -0.2) is 12.8 Å². The van der Waals surface area contributed by atoms with E-state index in [0.29, 0.717) is 30.7 Å². The Kier molecular flexibility index (Phi) is 6.24. The third-order valence-electron chi connectivity index (χ3n) is 4.33.